The molecule has 0 saturated carbocycles. The highest BCUT2D eigenvalue weighted by molar-refractivity contribution is 14.0. The summed E-state index contributed by atoms with van der Waals surface area (Å²) < 4.78 is 26.4. The van der Waals surface area contributed by atoms with Gasteiger partial charge in [-0.2, -0.15) is 0 Å². The maximum Gasteiger partial charge on any atom is 0.193 e. The second-order valence-electron chi connectivity index (χ2n) is 4.43. The molecule has 2 rings (SSSR count). The number of nitrogens with two attached hydrogens (primary N) is 1. The Kier molecular flexibility index (Phi) is 6.54. The molecule has 6 heteroatoms. The normalized spacial score (nSPS) is 10.9. The molecule has 0 aliphatic rings. The molecule has 0 radical (unpaired) electrons. The van der Waals surface area contributed by atoms with E-state index in [0.29, 0.717) is 0 Å². The van der Waals surface area contributed by atoms with Crippen LogP contribution in [0.15, 0.2) is 47.5 Å². The van der Waals surface area contributed by atoms with Crippen LogP contribution in [0.3, 0.4) is 0 Å². The quantitative estimate of drug-likeness (QED) is 0.465. The van der Waals surface area contributed by atoms with E-state index in [2.05, 4.69) is 10.3 Å². The lowest BCUT2D eigenvalue weighted by molar-refractivity contribution is 0.586. The van der Waals surface area contributed by atoms with Crippen molar-refractivity contribution in [3.8, 4) is 0 Å². The number of rotatable bonds is 3. The van der Waals surface area contributed by atoms with Gasteiger partial charge in [0, 0.05) is 11.3 Å². The van der Waals surface area contributed by atoms with Crippen LogP contribution >= 0.6 is 24.0 Å². The van der Waals surface area contributed by atoms with Gasteiger partial charge in [0.05, 0.1) is 6.54 Å². The fraction of sp³-hybridized carbons (Fsp3) is 0.133. The van der Waals surface area contributed by atoms with Crippen LogP contribution in [-0.2, 0) is 6.54 Å². The van der Waals surface area contributed by atoms with Gasteiger partial charge in [-0.15, -0.1) is 24.0 Å². The van der Waals surface area contributed by atoms with E-state index in [0.717, 1.165) is 29.4 Å². The molecule has 0 unspecified atom stereocenters. The number of nitrogens with one attached hydrogen (secondary N) is 1. The number of hydrogen-bond donors (Lipinski definition) is 2. The highest BCUT2D eigenvalue weighted by Crippen LogP contribution is 2.11. The van der Waals surface area contributed by atoms with E-state index in [1.54, 1.807) is 0 Å². The van der Waals surface area contributed by atoms with Crippen molar-refractivity contribution >= 4 is 35.6 Å². The number of guanidine groups is 1. The Balaban J connectivity index is 0.00000220. The zero-order valence-electron chi connectivity index (χ0n) is 11.4. The number of benzene rings is 2. The Morgan fingerprint density at radius 3 is 2.48 bits per heavy atom. The van der Waals surface area contributed by atoms with Crippen molar-refractivity contribution < 1.29 is 8.78 Å². The van der Waals surface area contributed by atoms with Gasteiger partial charge in [0.1, 0.15) is 11.6 Å². The summed E-state index contributed by atoms with van der Waals surface area (Å²) in [5, 5.41) is 2.88. The zero-order chi connectivity index (χ0) is 14.5. The molecule has 2 aromatic carbocycles. The van der Waals surface area contributed by atoms with Gasteiger partial charge >= 0.3 is 0 Å². The van der Waals surface area contributed by atoms with Crippen molar-refractivity contribution in [3.05, 3.63) is 65.2 Å². The summed E-state index contributed by atoms with van der Waals surface area (Å²) in [4.78, 5) is 3.99. The van der Waals surface area contributed by atoms with Crippen LogP contribution in [0.4, 0.5) is 14.5 Å². The fourth-order valence-corrected chi connectivity index (χ4v) is 1.66. The van der Waals surface area contributed by atoms with Gasteiger partial charge in [0.25, 0.3) is 0 Å². The van der Waals surface area contributed by atoms with E-state index in [1.165, 1.54) is 0 Å². The van der Waals surface area contributed by atoms with Crippen LogP contribution in [-0.4, -0.2) is 5.96 Å². The first kappa shape index (κ1) is 17.4. The molecule has 0 atom stereocenters. The fourth-order valence-electron chi connectivity index (χ4n) is 1.66. The van der Waals surface area contributed by atoms with Crippen LogP contribution in [0.1, 0.15) is 11.1 Å². The Morgan fingerprint density at radius 1 is 1.14 bits per heavy atom. The highest BCUT2D eigenvalue weighted by Gasteiger charge is 2.03. The highest BCUT2D eigenvalue weighted by atomic mass is 127. The molecular weight excluding hydrogens is 387 g/mol. The lowest BCUT2D eigenvalue weighted by Crippen LogP contribution is -2.22. The van der Waals surface area contributed by atoms with Gasteiger partial charge < -0.3 is 11.1 Å². The van der Waals surface area contributed by atoms with E-state index < -0.39 is 11.6 Å². The first-order valence-corrected chi connectivity index (χ1v) is 6.12. The van der Waals surface area contributed by atoms with Crippen LogP contribution < -0.4 is 11.1 Å². The molecule has 0 aliphatic heterocycles. The smallest absolute Gasteiger partial charge is 0.193 e. The second kappa shape index (κ2) is 7.92. The Hall–Kier alpha value is -1.70. The second-order valence-corrected chi connectivity index (χ2v) is 4.43. The SMILES string of the molecule is Cc1ccc(NC(N)=NCc2cc(F)ccc2F)cc1.I. The van der Waals surface area contributed by atoms with E-state index in [9.17, 15) is 8.78 Å². The largest absolute Gasteiger partial charge is 0.370 e. The minimum atomic E-state index is -0.502. The van der Waals surface area contributed by atoms with Crippen molar-refractivity contribution in [2.75, 3.05) is 5.32 Å². The monoisotopic (exact) mass is 403 g/mol. The number of anilines is 1. The number of nitrogens with zero attached hydrogens (tertiary/aromatic N) is 1. The predicted molar refractivity (Wildman–Crippen MR) is 91.9 cm³/mol. The van der Waals surface area contributed by atoms with Gasteiger partial charge in [-0.1, -0.05) is 17.7 Å². The third kappa shape index (κ3) is 5.30. The van der Waals surface area contributed by atoms with Gasteiger partial charge in [-0.25, -0.2) is 13.8 Å². The van der Waals surface area contributed by atoms with Crippen molar-refractivity contribution in [1.29, 1.82) is 0 Å². The summed E-state index contributed by atoms with van der Waals surface area (Å²) >= 11 is 0. The molecule has 2 aromatic rings. The van der Waals surface area contributed by atoms with E-state index in [-0.39, 0.29) is 42.0 Å². The molecule has 0 fully saturated rings. The molecule has 0 aliphatic carbocycles. The third-order valence-electron chi connectivity index (χ3n) is 2.75. The van der Waals surface area contributed by atoms with Crippen molar-refractivity contribution in [2.24, 2.45) is 10.7 Å². The Labute approximate surface area is 139 Å². The first-order valence-electron chi connectivity index (χ1n) is 6.12. The van der Waals surface area contributed by atoms with Gasteiger partial charge in [-0.05, 0) is 37.3 Å². The zero-order valence-corrected chi connectivity index (χ0v) is 13.8. The summed E-state index contributed by atoms with van der Waals surface area (Å²) in [6.07, 6.45) is 0. The molecule has 3 nitrogen and oxygen atoms in total. The summed E-state index contributed by atoms with van der Waals surface area (Å²) in [6.45, 7) is 1.96. The van der Waals surface area contributed by atoms with Crippen molar-refractivity contribution in [1.82, 2.24) is 0 Å². The van der Waals surface area contributed by atoms with Crippen LogP contribution in [0, 0.1) is 18.6 Å². The molecule has 21 heavy (non-hydrogen) atoms. The molecule has 0 heterocycles. The third-order valence-corrected chi connectivity index (χ3v) is 2.75. The minimum Gasteiger partial charge on any atom is -0.370 e. The molecule has 112 valence electrons. The maximum absolute atomic E-state index is 13.4. The van der Waals surface area contributed by atoms with Crippen LogP contribution in [0.5, 0.6) is 0 Å². The van der Waals surface area contributed by atoms with Crippen LogP contribution in [0.2, 0.25) is 0 Å². The van der Waals surface area contributed by atoms with Gasteiger partial charge in [0.15, 0.2) is 5.96 Å². The molecule has 0 spiro atoms. The molecule has 3 N–H and O–H groups in total. The summed E-state index contributed by atoms with van der Waals surface area (Å²) in [6, 6.07) is 10.8. The average molecular weight is 403 g/mol. The number of hydrogen-bond acceptors (Lipinski definition) is 1. The summed E-state index contributed by atoms with van der Waals surface area (Å²) in [7, 11) is 0. The molecular formula is C15H16F2IN3. The first-order chi connectivity index (χ1) is 9.54. The molecule has 0 bridgehead atoms. The topological polar surface area (TPSA) is 50.4 Å². The lowest BCUT2D eigenvalue weighted by Gasteiger charge is -2.06. The number of halogens is 3. The lowest BCUT2D eigenvalue weighted by atomic mass is 10.2. The van der Waals surface area contributed by atoms with Gasteiger partial charge in [0.2, 0.25) is 0 Å². The Morgan fingerprint density at radius 2 is 1.81 bits per heavy atom. The summed E-state index contributed by atoms with van der Waals surface area (Å²) in [5.74, 6) is -0.850. The minimum absolute atomic E-state index is 0. The molecule has 0 aromatic heterocycles. The van der Waals surface area contributed by atoms with Crippen molar-refractivity contribution in [3.63, 3.8) is 0 Å². The number of aryl methyl sites for hydroxylation is 1. The number of aliphatic imine (C=N–C) groups is 1. The maximum atomic E-state index is 13.4. The van der Waals surface area contributed by atoms with Gasteiger partial charge in [-0.3, -0.25) is 0 Å². The average Bonchev–Trinajstić information content (AvgIpc) is 2.42. The van der Waals surface area contributed by atoms with E-state index >= 15 is 0 Å². The predicted octanol–water partition coefficient (Wildman–Crippen LogP) is 3.82. The van der Waals surface area contributed by atoms with E-state index in [1.807, 2.05) is 31.2 Å². The molecule has 0 saturated heterocycles. The van der Waals surface area contributed by atoms with E-state index in [4.69, 9.17) is 5.73 Å². The molecule has 0 amide bonds. The van der Waals surface area contributed by atoms with Crippen LogP contribution in [0.25, 0.3) is 0 Å². The van der Waals surface area contributed by atoms with Crippen molar-refractivity contribution in [2.45, 2.75) is 13.5 Å². The standard InChI is InChI=1S/C15H15F2N3.HI/c1-10-2-5-13(6-3-10)20-15(18)19-9-11-8-12(16)4-7-14(11)17;/h2-8H,9H2,1H3,(H3,18,19,20);1H. The summed E-state index contributed by atoms with van der Waals surface area (Å²) in [5.41, 5.74) is 7.79. The Bertz CT molecular complexity index is 627.